The standard InChI is InChI=1S/C25H28O7/c1-13(2)6-8-16-21-19(10-17(27)25(16)31-5)32-20-11-18(30-4)15(9-7-14(3)12-26)23(28)22(20)24(21)29/h6-7,10-11,26-28H,8-9,12H2,1-5H3. The van der Waals surface area contributed by atoms with Crippen LogP contribution in [0.15, 0.2) is 44.6 Å². The lowest BCUT2D eigenvalue weighted by atomic mass is 9.98. The molecule has 170 valence electrons. The van der Waals surface area contributed by atoms with Crippen LogP contribution in [0.3, 0.4) is 0 Å². The Balaban J connectivity index is 2.43. The first-order valence-electron chi connectivity index (χ1n) is 10.2. The van der Waals surface area contributed by atoms with E-state index in [9.17, 15) is 20.1 Å². The molecule has 0 saturated carbocycles. The van der Waals surface area contributed by atoms with E-state index in [0.717, 1.165) is 11.1 Å². The van der Waals surface area contributed by atoms with E-state index in [-0.39, 0.29) is 52.2 Å². The molecule has 0 bridgehead atoms. The van der Waals surface area contributed by atoms with Crippen molar-refractivity contribution in [2.24, 2.45) is 0 Å². The molecule has 1 heterocycles. The van der Waals surface area contributed by atoms with Gasteiger partial charge in [-0.15, -0.1) is 0 Å². The minimum absolute atomic E-state index is 0.0227. The first-order valence-corrected chi connectivity index (χ1v) is 10.2. The highest BCUT2D eigenvalue weighted by Gasteiger charge is 2.23. The van der Waals surface area contributed by atoms with Crippen molar-refractivity contribution in [3.05, 3.63) is 56.8 Å². The van der Waals surface area contributed by atoms with Crippen molar-refractivity contribution in [2.75, 3.05) is 20.8 Å². The summed E-state index contributed by atoms with van der Waals surface area (Å²) in [6.07, 6.45) is 4.28. The van der Waals surface area contributed by atoms with Crippen LogP contribution in [-0.4, -0.2) is 36.1 Å². The maximum atomic E-state index is 13.6. The maximum absolute atomic E-state index is 13.6. The molecule has 32 heavy (non-hydrogen) atoms. The van der Waals surface area contributed by atoms with Crippen LogP contribution in [0.4, 0.5) is 0 Å². The molecule has 0 amide bonds. The van der Waals surface area contributed by atoms with Crippen LogP contribution in [0.2, 0.25) is 0 Å². The lowest BCUT2D eigenvalue weighted by Gasteiger charge is -2.15. The molecule has 7 nitrogen and oxygen atoms in total. The van der Waals surface area contributed by atoms with Crippen molar-refractivity contribution in [3.8, 4) is 23.0 Å². The molecule has 0 aliphatic rings. The first kappa shape index (κ1) is 23.2. The Morgan fingerprint density at radius 1 is 0.969 bits per heavy atom. The zero-order valence-electron chi connectivity index (χ0n) is 18.9. The Morgan fingerprint density at radius 2 is 1.62 bits per heavy atom. The number of fused-ring (bicyclic) bond motifs is 2. The van der Waals surface area contributed by atoms with Crippen LogP contribution in [0.25, 0.3) is 21.9 Å². The topological polar surface area (TPSA) is 109 Å². The molecular weight excluding hydrogens is 412 g/mol. The molecule has 0 aliphatic heterocycles. The van der Waals surface area contributed by atoms with Gasteiger partial charge in [0.15, 0.2) is 11.5 Å². The number of hydrogen-bond donors (Lipinski definition) is 3. The number of phenolic OH excluding ortho intramolecular Hbond substituents is 2. The number of rotatable bonds is 7. The minimum Gasteiger partial charge on any atom is -0.507 e. The second kappa shape index (κ2) is 9.36. The van der Waals surface area contributed by atoms with Gasteiger partial charge in [-0.25, -0.2) is 0 Å². The third-order valence-corrected chi connectivity index (χ3v) is 5.37. The van der Waals surface area contributed by atoms with Crippen LogP contribution >= 0.6 is 0 Å². The summed E-state index contributed by atoms with van der Waals surface area (Å²) >= 11 is 0. The fourth-order valence-electron chi connectivity index (χ4n) is 3.66. The Bertz CT molecular complexity index is 1290. The number of allylic oxidation sites excluding steroid dienone is 3. The largest absolute Gasteiger partial charge is 0.507 e. The molecular formula is C25H28O7. The molecule has 3 aromatic rings. The summed E-state index contributed by atoms with van der Waals surface area (Å²) in [5, 5.41) is 31.0. The van der Waals surface area contributed by atoms with E-state index in [1.54, 1.807) is 19.1 Å². The molecule has 0 spiro atoms. The van der Waals surface area contributed by atoms with Crippen LogP contribution in [-0.2, 0) is 12.8 Å². The molecule has 3 rings (SSSR count). The second-order valence-electron chi connectivity index (χ2n) is 7.89. The molecule has 0 aliphatic carbocycles. The number of methoxy groups -OCH3 is 2. The predicted octanol–water partition coefficient (Wildman–Crippen LogP) is 4.36. The van der Waals surface area contributed by atoms with Gasteiger partial charge < -0.3 is 29.2 Å². The number of aromatic hydroxyl groups is 2. The molecule has 0 atom stereocenters. The van der Waals surface area contributed by atoms with E-state index in [1.165, 1.54) is 20.3 Å². The zero-order valence-corrected chi connectivity index (χ0v) is 18.9. The van der Waals surface area contributed by atoms with E-state index < -0.39 is 5.43 Å². The molecule has 0 unspecified atom stereocenters. The molecule has 0 fully saturated rings. The van der Waals surface area contributed by atoms with Crippen molar-refractivity contribution in [1.82, 2.24) is 0 Å². The molecule has 7 heteroatoms. The maximum Gasteiger partial charge on any atom is 0.204 e. The summed E-state index contributed by atoms with van der Waals surface area (Å²) in [4.78, 5) is 13.6. The van der Waals surface area contributed by atoms with Crippen molar-refractivity contribution in [3.63, 3.8) is 0 Å². The van der Waals surface area contributed by atoms with Crippen LogP contribution in [0.1, 0.15) is 31.9 Å². The summed E-state index contributed by atoms with van der Waals surface area (Å²) in [6, 6.07) is 2.89. The number of aliphatic hydroxyl groups is 1. The predicted molar refractivity (Wildman–Crippen MR) is 124 cm³/mol. The van der Waals surface area contributed by atoms with Gasteiger partial charge >= 0.3 is 0 Å². The van der Waals surface area contributed by atoms with Crippen molar-refractivity contribution < 1.29 is 29.2 Å². The van der Waals surface area contributed by atoms with Gasteiger partial charge in [-0.05, 0) is 33.6 Å². The first-order chi connectivity index (χ1) is 15.2. The van der Waals surface area contributed by atoms with E-state index in [1.807, 2.05) is 19.9 Å². The highest BCUT2D eigenvalue weighted by molar-refractivity contribution is 5.97. The Labute approximate surface area is 185 Å². The Hall–Kier alpha value is -3.45. The Morgan fingerprint density at radius 3 is 2.22 bits per heavy atom. The molecule has 2 aromatic carbocycles. The number of benzene rings is 2. The van der Waals surface area contributed by atoms with Gasteiger partial charge in [-0.1, -0.05) is 23.3 Å². The number of ether oxygens (including phenoxy) is 2. The van der Waals surface area contributed by atoms with Crippen LogP contribution in [0.5, 0.6) is 23.0 Å². The van der Waals surface area contributed by atoms with E-state index in [2.05, 4.69) is 0 Å². The van der Waals surface area contributed by atoms with E-state index in [4.69, 9.17) is 13.9 Å². The van der Waals surface area contributed by atoms with Gasteiger partial charge in [0.05, 0.1) is 26.2 Å². The zero-order chi connectivity index (χ0) is 23.6. The second-order valence-corrected chi connectivity index (χ2v) is 7.89. The summed E-state index contributed by atoms with van der Waals surface area (Å²) in [6.45, 7) is 5.52. The van der Waals surface area contributed by atoms with E-state index in [0.29, 0.717) is 23.3 Å². The van der Waals surface area contributed by atoms with Crippen molar-refractivity contribution in [2.45, 2.75) is 33.6 Å². The monoisotopic (exact) mass is 440 g/mol. The fourth-order valence-corrected chi connectivity index (χ4v) is 3.66. The van der Waals surface area contributed by atoms with Gasteiger partial charge in [0, 0.05) is 23.3 Å². The van der Waals surface area contributed by atoms with Gasteiger partial charge in [-0.3, -0.25) is 4.79 Å². The molecule has 0 radical (unpaired) electrons. The lowest BCUT2D eigenvalue weighted by Crippen LogP contribution is -2.08. The third kappa shape index (κ3) is 4.16. The SMILES string of the molecule is COc1cc2oc3cc(O)c(OC)c(CC=C(C)C)c3c(=O)c2c(O)c1CC=C(C)CO. The summed E-state index contributed by atoms with van der Waals surface area (Å²) in [5.74, 6) is 0.160. The number of phenols is 2. The lowest BCUT2D eigenvalue weighted by molar-refractivity contribution is 0.331. The van der Waals surface area contributed by atoms with Crippen LogP contribution < -0.4 is 14.9 Å². The summed E-state index contributed by atoms with van der Waals surface area (Å²) in [7, 11) is 2.88. The number of hydrogen-bond acceptors (Lipinski definition) is 7. The molecule has 1 aromatic heterocycles. The smallest absolute Gasteiger partial charge is 0.204 e. The van der Waals surface area contributed by atoms with Gasteiger partial charge in [-0.2, -0.15) is 0 Å². The van der Waals surface area contributed by atoms with Gasteiger partial charge in [0.25, 0.3) is 0 Å². The average Bonchev–Trinajstić information content (AvgIpc) is 2.75. The quantitative estimate of drug-likeness (QED) is 0.370. The van der Waals surface area contributed by atoms with E-state index >= 15 is 0 Å². The van der Waals surface area contributed by atoms with Crippen molar-refractivity contribution in [1.29, 1.82) is 0 Å². The average molecular weight is 440 g/mol. The minimum atomic E-state index is -0.430. The van der Waals surface area contributed by atoms with Crippen molar-refractivity contribution >= 4 is 21.9 Å². The van der Waals surface area contributed by atoms with Crippen LogP contribution in [0, 0.1) is 0 Å². The fraction of sp³-hybridized carbons (Fsp3) is 0.320. The Kier molecular flexibility index (Phi) is 6.79. The highest BCUT2D eigenvalue weighted by atomic mass is 16.5. The normalized spacial score (nSPS) is 11.8. The number of aliphatic hydroxyl groups excluding tert-OH is 1. The highest BCUT2D eigenvalue weighted by Crippen LogP contribution is 2.41. The molecule has 0 saturated heterocycles. The van der Waals surface area contributed by atoms with Gasteiger partial charge in [0.1, 0.15) is 28.1 Å². The third-order valence-electron chi connectivity index (χ3n) is 5.37. The van der Waals surface area contributed by atoms with Gasteiger partial charge in [0.2, 0.25) is 5.43 Å². The molecule has 3 N–H and O–H groups in total. The summed E-state index contributed by atoms with van der Waals surface area (Å²) in [5.41, 5.74) is 2.55. The summed E-state index contributed by atoms with van der Waals surface area (Å²) < 4.78 is 16.7.